The van der Waals surface area contributed by atoms with Gasteiger partial charge in [0.1, 0.15) is 0 Å². The normalized spacial score (nSPS) is 39.8. The van der Waals surface area contributed by atoms with Gasteiger partial charge in [-0.2, -0.15) is 5.26 Å². The zero-order chi connectivity index (χ0) is 8.55. The molecular formula is C11H15N. The van der Waals surface area contributed by atoms with Crippen LogP contribution in [0.3, 0.4) is 0 Å². The summed E-state index contributed by atoms with van der Waals surface area (Å²) in [5.41, 5.74) is 0. The van der Waals surface area contributed by atoms with Crippen LogP contribution >= 0.6 is 0 Å². The molecule has 0 amide bonds. The number of nitriles is 1. The van der Waals surface area contributed by atoms with E-state index in [1.807, 2.05) is 0 Å². The Hall–Kier alpha value is -0.770. The fraction of sp³-hybridized carbons (Fsp3) is 0.727. The molecule has 0 spiro atoms. The molecule has 1 fully saturated rings. The van der Waals surface area contributed by atoms with Crippen LogP contribution in [0.1, 0.15) is 26.2 Å². The highest BCUT2D eigenvalue weighted by Gasteiger charge is 2.39. The minimum Gasteiger partial charge on any atom is -0.198 e. The number of rotatable bonds is 2. The summed E-state index contributed by atoms with van der Waals surface area (Å²) in [6.45, 7) is 2.13. The van der Waals surface area contributed by atoms with E-state index in [1.54, 1.807) is 0 Å². The van der Waals surface area contributed by atoms with E-state index < -0.39 is 0 Å². The van der Waals surface area contributed by atoms with E-state index in [2.05, 4.69) is 25.1 Å². The molecule has 0 saturated heterocycles. The van der Waals surface area contributed by atoms with Gasteiger partial charge in [0.15, 0.2) is 0 Å². The lowest BCUT2D eigenvalue weighted by molar-refractivity contribution is 0.339. The Morgan fingerprint density at radius 2 is 2.33 bits per heavy atom. The molecule has 2 aliphatic rings. The van der Waals surface area contributed by atoms with Crippen molar-refractivity contribution in [2.24, 2.45) is 23.7 Å². The van der Waals surface area contributed by atoms with Gasteiger partial charge in [0.25, 0.3) is 0 Å². The summed E-state index contributed by atoms with van der Waals surface area (Å²) in [6, 6.07) is 2.44. The van der Waals surface area contributed by atoms with Gasteiger partial charge >= 0.3 is 0 Å². The fourth-order valence-electron chi connectivity index (χ4n) is 2.78. The van der Waals surface area contributed by atoms with Gasteiger partial charge in [-0.05, 0) is 37.0 Å². The van der Waals surface area contributed by atoms with Crippen molar-refractivity contribution < 1.29 is 0 Å². The molecule has 12 heavy (non-hydrogen) atoms. The average Bonchev–Trinajstić information content (AvgIpc) is 2.67. The lowest BCUT2D eigenvalue weighted by Gasteiger charge is -2.21. The number of fused-ring (bicyclic) bond motifs is 2. The van der Waals surface area contributed by atoms with Crippen molar-refractivity contribution in [1.82, 2.24) is 0 Å². The summed E-state index contributed by atoms with van der Waals surface area (Å²) < 4.78 is 0. The molecule has 1 nitrogen and oxygen atoms in total. The molecule has 4 atom stereocenters. The second-order valence-corrected chi connectivity index (χ2v) is 4.09. The first-order valence-corrected chi connectivity index (χ1v) is 4.93. The van der Waals surface area contributed by atoms with E-state index in [-0.39, 0.29) is 0 Å². The fourth-order valence-corrected chi connectivity index (χ4v) is 2.78. The summed E-state index contributed by atoms with van der Waals surface area (Å²) in [7, 11) is 0. The largest absolute Gasteiger partial charge is 0.198 e. The summed E-state index contributed by atoms with van der Waals surface area (Å²) in [4.78, 5) is 0. The maximum absolute atomic E-state index is 8.94. The Bertz CT molecular complexity index is 236. The van der Waals surface area contributed by atoms with Crippen molar-refractivity contribution >= 4 is 0 Å². The van der Waals surface area contributed by atoms with Crippen molar-refractivity contribution in [3.05, 3.63) is 12.2 Å². The molecule has 1 saturated carbocycles. The number of hydrogen-bond donors (Lipinski definition) is 0. The Balaban J connectivity index is 2.07. The summed E-state index contributed by atoms with van der Waals surface area (Å²) in [6.07, 6.45) is 8.29. The minimum atomic E-state index is 0.310. The Morgan fingerprint density at radius 3 is 2.75 bits per heavy atom. The molecule has 64 valence electrons. The van der Waals surface area contributed by atoms with Crippen LogP contribution in [0.25, 0.3) is 0 Å². The lowest BCUT2D eigenvalue weighted by atomic mass is 9.81. The smallest absolute Gasteiger partial charge is 0.0658 e. The topological polar surface area (TPSA) is 23.8 Å². The van der Waals surface area contributed by atoms with Crippen LogP contribution in [0.4, 0.5) is 0 Å². The zero-order valence-electron chi connectivity index (χ0n) is 7.53. The Labute approximate surface area is 74.1 Å². The molecule has 2 bridgehead atoms. The van der Waals surface area contributed by atoms with Gasteiger partial charge in [-0.15, -0.1) is 0 Å². The molecule has 0 aromatic carbocycles. The van der Waals surface area contributed by atoms with Crippen molar-refractivity contribution in [2.75, 3.05) is 0 Å². The molecule has 0 N–H and O–H groups in total. The van der Waals surface area contributed by atoms with Crippen molar-refractivity contribution in [3.8, 4) is 6.07 Å². The van der Waals surface area contributed by atoms with E-state index >= 15 is 0 Å². The second-order valence-electron chi connectivity index (χ2n) is 4.09. The van der Waals surface area contributed by atoms with Gasteiger partial charge in [0, 0.05) is 5.92 Å². The zero-order valence-corrected chi connectivity index (χ0v) is 7.53. The predicted molar refractivity (Wildman–Crippen MR) is 48.2 cm³/mol. The van der Waals surface area contributed by atoms with Crippen LogP contribution in [0.5, 0.6) is 0 Å². The third-order valence-electron chi connectivity index (χ3n) is 3.45. The highest BCUT2D eigenvalue weighted by Crippen LogP contribution is 2.47. The Kier molecular flexibility index (Phi) is 1.92. The standard InChI is InChI=1S/C11H15N/c1-2-9(7-12)11-6-8-3-4-10(11)5-8/h3-4,8-11H,2,5-6H2,1H3. The minimum absolute atomic E-state index is 0.310. The van der Waals surface area contributed by atoms with Crippen molar-refractivity contribution in [3.63, 3.8) is 0 Å². The van der Waals surface area contributed by atoms with Crippen LogP contribution in [0, 0.1) is 35.0 Å². The highest BCUT2D eigenvalue weighted by molar-refractivity contribution is 5.12. The molecule has 2 rings (SSSR count). The quantitative estimate of drug-likeness (QED) is 0.571. The molecular weight excluding hydrogens is 146 g/mol. The maximum atomic E-state index is 8.94. The molecule has 0 radical (unpaired) electrons. The van der Waals surface area contributed by atoms with Crippen LogP contribution in [-0.4, -0.2) is 0 Å². The van der Waals surface area contributed by atoms with Crippen molar-refractivity contribution in [2.45, 2.75) is 26.2 Å². The number of nitrogens with zero attached hydrogens (tertiary/aromatic N) is 1. The average molecular weight is 161 g/mol. The van der Waals surface area contributed by atoms with E-state index in [9.17, 15) is 0 Å². The third-order valence-corrected chi connectivity index (χ3v) is 3.45. The Morgan fingerprint density at radius 1 is 1.50 bits per heavy atom. The first-order chi connectivity index (χ1) is 5.85. The molecule has 0 aromatic rings. The van der Waals surface area contributed by atoms with Gasteiger partial charge in [-0.3, -0.25) is 0 Å². The number of allylic oxidation sites excluding steroid dienone is 2. The van der Waals surface area contributed by atoms with Gasteiger partial charge in [-0.25, -0.2) is 0 Å². The summed E-state index contributed by atoms with van der Waals surface area (Å²) >= 11 is 0. The first kappa shape index (κ1) is 7.86. The predicted octanol–water partition coefficient (Wildman–Crippen LogP) is 2.75. The lowest BCUT2D eigenvalue weighted by Crippen LogP contribution is -2.16. The van der Waals surface area contributed by atoms with Gasteiger partial charge in [0.05, 0.1) is 6.07 Å². The molecule has 0 aliphatic heterocycles. The molecule has 1 heteroatoms. The van der Waals surface area contributed by atoms with Crippen molar-refractivity contribution in [1.29, 1.82) is 5.26 Å². The first-order valence-electron chi connectivity index (χ1n) is 4.93. The van der Waals surface area contributed by atoms with Gasteiger partial charge in [0.2, 0.25) is 0 Å². The van der Waals surface area contributed by atoms with E-state index in [0.29, 0.717) is 11.8 Å². The summed E-state index contributed by atoms with van der Waals surface area (Å²) in [5, 5.41) is 8.94. The van der Waals surface area contributed by atoms with Crippen LogP contribution in [-0.2, 0) is 0 Å². The van der Waals surface area contributed by atoms with Crippen LogP contribution in [0.15, 0.2) is 12.2 Å². The van der Waals surface area contributed by atoms with Crippen LogP contribution < -0.4 is 0 Å². The van der Waals surface area contributed by atoms with E-state index in [1.165, 1.54) is 12.8 Å². The molecule has 4 unspecified atom stereocenters. The van der Waals surface area contributed by atoms with E-state index in [4.69, 9.17) is 5.26 Å². The second kappa shape index (κ2) is 2.94. The monoisotopic (exact) mass is 161 g/mol. The van der Waals surface area contributed by atoms with Gasteiger partial charge < -0.3 is 0 Å². The molecule has 0 aromatic heterocycles. The summed E-state index contributed by atoms with van der Waals surface area (Å²) in [5.74, 6) is 2.53. The molecule has 2 aliphatic carbocycles. The third kappa shape index (κ3) is 1.06. The highest BCUT2D eigenvalue weighted by atomic mass is 14.4. The molecule has 0 heterocycles. The van der Waals surface area contributed by atoms with Crippen LogP contribution in [0.2, 0.25) is 0 Å². The van der Waals surface area contributed by atoms with E-state index in [0.717, 1.165) is 18.3 Å². The SMILES string of the molecule is CCC(C#N)C1CC2C=CC1C2. The van der Waals surface area contributed by atoms with Gasteiger partial charge in [-0.1, -0.05) is 19.1 Å². The number of hydrogen-bond acceptors (Lipinski definition) is 1. The maximum Gasteiger partial charge on any atom is 0.0658 e.